The lowest BCUT2D eigenvalue weighted by molar-refractivity contribution is -0.121. The smallest absolute Gasteiger partial charge is 0.321 e. The van der Waals surface area contributed by atoms with E-state index in [1.807, 2.05) is 6.92 Å². The molecule has 8 nitrogen and oxygen atoms in total. The van der Waals surface area contributed by atoms with E-state index in [-0.39, 0.29) is 24.5 Å². The molecule has 0 unspecified atom stereocenters. The van der Waals surface area contributed by atoms with E-state index >= 15 is 0 Å². The Kier molecular flexibility index (Phi) is 3.03. The number of rotatable bonds is 4. The molecule has 0 aliphatic carbocycles. The van der Waals surface area contributed by atoms with Crippen molar-refractivity contribution in [3.8, 4) is 0 Å². The third kappa shape index (κ3) is 2.24. The van der Waals surface area contributed by atoms with Crippen LogP contribution in [0.3, 0.4) is 0 Å². The zero-order valence-electron chi connectivity index (χ0n) is 9.45. The molecular weight excluding hydrogens is 226 g/mol. The fourth-order valence-corrected chi connectivity index (χ4v) is 1.84. The van der Waals surface area contributed by atoms with Gasteiger partial charge in [-0.2, -0.15) is 0 Å². The predicted octanol–water partition coefficient (Wildman–Crippen LogP) is -1.50. The van der Waals surface area contributed by atoms with Crippen LogP contribution < -0.4 is 21.3 Å². The zero-order valence-corrected chi connectivity index (χ0v) is 9.45. The van der Waals surface area contributed by atoms with E-state index in [4.69, 9.17) is 0 Å². The molecule has 5 amide bonds. The molecule has 0 radical (unpaired) electrons. The van der Waals surface area contributed by atoms with Crippen molar-refractivity contribution < 1.29 is 14.4 Å². The Balaban J connectivity index is 1.93. The third-order valence-corrected chi connectivity index (χ3v) is 2.64. The van der Waals surface area contributed by atoms with Crippen molar-refractivity contribution in [3.63, 3.8) is 0 Å². The Bertz CT molecular complexity index is 359. The van der Waals surface area contributed by atoms with Gasteiger partial charge in [0.2, 0.25) is 5.91 Å². The normalized spacial score (nSPS) is 26.1. The highest BCUT2D eigenvalue weighted by Crippen LogP contribution is 2.12. The molecular formula is C9H15N5O3. The summed E-state index contributed by atoms with van der Waals surface area (Å²) in [7, 11) is 0. The summed E-state index contributed by atoms with van der Waals surface area (Å²) in [5.41, 5.74) is 0. The van der Waals surface area contributed by atoms with Crippen molar-refractivity contribution in [1.82, 2.24) is 26.2 Å². The molecule has 94 valence electrons. The minimum Gasteiger partial charge on any atom is -0.355 e. The second-order valence-electron chi connectivity index (χ2n) is 3.97. The highest BCUT2D eigenvalue weighted by atomic mass is 16.2. The van der Waals surface area contributed by atoms with E-state index in [1.54, 1.807) is 0 Å². The van der Waals surface area contributed by atoms with Gasteiger partial charge in [-0.1, -0.05) is 6.92 Å². The number of hydrogen-bond acceptors (Lipinski definition) is 3. The summed E-state index contributed by atoms with van der Waals surface area (Å²) in [6.07, 6.45) is -0.126. The van der Waals surface area contributed by atoms with Gasteiger partial charge < -0.3 is 21.3 Å². The lowest BCUT2D eigenvalue weighted by atomic mass is 10.4. The molecule has 0 saturated carbocycles. The molecule has 2 atom stereocenters. The number of fused-ring (bicyclic) bond motifs is 1. The molecule has 17 heavy (non-hydrogen) atoms. The maximum atomic E-state index is 11.5. The second-order valence-corrected chi connectivity index (χ2v) is 3.97. The van der Waals surface area contributed by atoms with Crippen LogP contribution in [0.2, 0.25) is 0 Å². The summed E-state index contributed by atoms with van der Waals surface area (Å²) in [6.45, 7) is 2.46. The Morgan fingerprint density at radius 3 is 2.82 bits per heavy atom. The maximum absolute atomic E-state index is 11.5. The van der Waals surface area contributed by atoms with Gasteiger partial charge in [0.1, 0.15) is 18.9 Å². The number of hydrogen-bond donors (Lipinski definition) is 4. The van der Waals surface area contributed by atoms with E-state index in [9.17, 15) is 14.4 Å². The van der Waals surface area contributed by atoms with E-state index in [0.29, 0.717) is 6.54 Å². The van der Waals surface area contributed by atoms with Crippen molar-refractivity contribution in [2.45, 2.75) is 25.7 Å². The number of nitrogens with zero attached hydrogens (tertiary/aromatic N) is 1. The second kappa shape index (κ2) is 4.48. The minimum absolute atomic E-state index is 0.0606. The average molecular weight is 241 g/mol. The van der Waals surface area contributed by atoms with Crippen molar-refractivity contribution in [3.05, 3.63) is 0 Å². The van der Waals surface area contributed by atoms with Crippen LogP contribution >= 0.6 is 0 Å². The van der Waals surface area contributed by atoms with E-state index in [1.165, 1.54) is 4.90 Å². The molecule has 2 aliphatic heterocycles. The minimum atomic E-state index is -0.498. The van der Waals surface area contributed by atoms with E-state index in [0.717, 1.165) is 6.42 Å². The fraction of sp³-hybridized carbons (Fsp3) is 0.667. The first kappa shape index (κ1) is 11.5. The molecule has 8 heteroatoms. The summed E-state index contributed by atoms with van der Waals surface area (Å²) in [6, 6.07) is -0.710. The number of nitrogens with one attached hydrogen (secondary N) is 4. The topological polar surface area (TPSA) is 103 Å². The van der Waals surface area contributed by atoms with Crippen LogP contribution in [-0.4, -0.2) is 48.3 Å². The van der Waals surface area contributed by atoms with Crippen molar-refractivity contribution in [1.29, 1.82) is 0 Å². The molecule has 2 heterocycles. The number of amides is 5. The number of urea groups is 2. The van der Waals surface area contributed by atoms with Crippen LogP contribution in [0.5, 0.6) is 0 Å². The Morgan fingerprint density at radius 1 is 1.35 bits per heavy atom. The van der Waals surface area contributed by atoms with Crippen LogP contribution in [0.25, 0.3) is 0 Å². The van der Waals surface area contributed by atoms with Gasteiger partial charge in [0.25, 0.3) is 0 Å². The summed E-state index contributed by atoms with van der Waals surface area (Å²) in [5, 5.41) is 10.4. The quantitative estimate of drug-likeness (QED) is 0.482. The third-order valence-electron chi connectivity index (χ3n) is 2.64. The Hall–Kier alpha value is -1.99. The van der Waals surface area contributed by atoms with Gasteiger partial charge in [-0.3, -0.25) is 9.69 Å². The summed E-state index contributed by atoms with van der Waals surface area (Å²) in [5.74, 6) is -0.233. The van der Waals surface area contributed by atoms with Gasteiger partial charge in [0.15, 0.2) is 0 Å². The molecule has 4 N–H and O–H groups in total. The molecule has 2 aliphatic rings. The standard InChI is InChI=1S/C9H15N5O3/c1-2-3-10-5(15)4-14-7-6(12-9(14)17)11-8(16)13-7/h6-7H,2-4H2,1H3,(H,10,15)(H,12,17)(H2,11,13,16)/t6-,7-/m0/s1. The molecule has 0 aromatic carbocycles. The molecule has 0 aromatic rings. The molecule has 2 saturated heterocycles. The highest BCUT2D eigenvalue weighted by Gasteiger charge is 2.45. The van der Waals surface area contributed by atoms with Crippen LogP contribution in [0.1, 0.15) is 13.3 Å². The van der Waals surface area contributed by atoms with Gasteiger partial charge in [-0.05, 0) is 6.42 Å². The van der Waals surface area contributed by atoms with Gasteiger partial charge >= 0.3 is 12.1 Å². The van der Waals surface area contributed by atoms with Gasteiger partial charge in [-0.15, -0.1) is 0 Å². The van der Waals surface area contributed by atoms with Crippen molar-refractivity contribution in [2.75, 3.05) is 13.1 Å². The van der Waals surface area contributed by atoms with Crippen LogP contribution in [0.4, 0.5) is 9.59 Å². The lowest BCUT2D eigenvalue weighted by Crippen LogP contribution is -2.48. The summed E-state index contributed by atoms with van der Waals surface area (Å²) in [4.78, 5) is 35.4. The Labute approximate surface area is 98.1 Å². The van der Waals surface area contributed by atoms with Crippen molar-refractivity contribution in [2.24, 2.45) is 0 Å². The zero-order chi connectivity index (χ0) is 12.4. The average Bonchev–Trinajstić information content (AvgIpc) is 2.74. The summed E-state index contributed by atoms with van der Waals surface area (Å²) >= 11 is 0. The Morgan fingerprint density at radius 2 is 2.12 bits per heavy atom. The van der Waals surface area contributed by atoms with Gasteiger partial charge in [0.05, 0.1) is 0 Å². The molecule has 0 spiro atoms. The highest BCUT2D eigenvalue weighted by molar-refractivity contribution is 5.88. The van der Waals surface area contributed by atoms with Gasteiger partial charge in [0, 0.05) is 6.54 Å². The maximum Gasteiger partial charge on any atom is 0.321 e. The monoisotopic (exact) mass is 241 g/mol. The number of carbonyl (C=O) groups is 3. The van der Waals surface area contributed by atoms with E-state index < -0.39 is 12.3 Å². The van der Waals surface area contributed by atoms with Crippen LogP contribution in [0, 0.1) is 0 Å². The summed E-state index contributed by atoms with van der Waals surface area (Å²) < 4.78 is 0. The SMILES string of the molecule is CCCNC(=O)CN1C(=O)N[C@@H]2NC(=O)N[C@H]21. The first-order valence-electron chi connectivity index (χ1n) is 5.52. The van der Waals surface area contributed by atoms with E-state index in [2.05, 4.69) is 21.3 Å². The van der Waals surface area contributed by atoms with Crippen LogP contribution in [0.15, 0.2) is 0 Å². The molecule has 2 fully saturated rings. The first-order chi connectivity index (χ1) is 8.11. The van der Waals surface area contributed by atoms with Crippen molar-refractivity contribution >= 4 is 18.0 Å². The van der Waals surface area contributed by atoms with Crippen LogP contribution in [-0.2, 0) is 4.79 Å². The molecule has 0 bridgehead atoms. The largest absolute Gasteiger partial charge is 0.355 e. The predicted molar refractivity (Wildman–Crippen MR) is 57.8 cm³/mol. The molecule has 2 rings (SSSR count). The lowest BCUT2D eigenvalue weighted by Gasteiger charge is -2.20. The fourth-order valence-electron chi connectivity index (χ4n) is 1.84. The number of carbonyl (C=O) groups excluding carboxylic acids is 3. The first-order valence-corrected chi connectivity index (χ1v) is 5.52. The van der Waals surface area contributed by atoms with Gasteiger partial charge in [-0.25, -0.2) is 9.59 Å². The molecule has 0 aromatic heterocycles.